The SMILES string of the molecule is CSCCC(NC(=O)COc1ccccc1)C(=O)OCc1c(F)cccc1Cl. The Balaban J connectivity index is 1.91. The second-order valence-electron chi connectivity index (χ2n) is 5.81. The molecule has 1 amide bonds. The van der Waals surface area contributed by atoms with Gasteiger partial charge in [-0.3, -0.25) is 4.79 Å². The number of carbonyl (C=O) groups excluding carboxylic acids is 2. The average molecular weight is 426 g/mol. The maximum atomic E-state index is 13.8. The number of nitrogens with one attached hydrogen (secondary N) is 1. The molecular weight excluding hydrogens is 405 g/mol. The van der Waals surface area contributed by atoms with Crippen LogP contribution in [0.3, 0.4) is 0 Å². The molecule has 0 aromatic heterocycles. The summed E-state index contributed by atoms with van der Waals surface area (Å²) in [5.41, 5.74) is 0.0971. The third-order valence-corrected chi connectivity index (χ3v) is 4.76. The fourth-order valence-electron chi connectivity index (χ4n) is 2.30. The molecule has 28 heavy (non-hydrogen) atoms. The number of halogens is 2. The Morgan fingerprint density at radius 3 is 2.61 bits per heavy atom. The van der Waals surface area contributed by atoms with Gasteiger partial charge in [0, 0.05) is 5.56 Å². The fourth-order valence-corrected chi connectivity index (χ4v) is 2.99. The van der Waals surface area contributed by atoms with Crippen molar-refractivity contribution in [1.29, 1.82) is 0 Å². The van der Waals surface area contributed by atoms with Crippen molar-refractivity contribution in [2.45, 2.75) is 19.1 Å². The maximum absolute atomic E-state index is 13.8. The number of hydrogen-bond acceptors (Lipinski definition) is 5. The zero-order valence-corrected chi connectivity index (χ0v) is 16.9. The smallest absolute Gasteiger partial charge is 0.329 e. The van der Waals surface area contributed by atoms with Gasteiger partial charge < -0.3 is 14.8 Å². The van der Waals surface area contributed by atoms with E-state index in [0.29, 0.717) is 17.9 Å². The van der Waals surface area contributed by atoms with E-state index in [1.165, 1.54) is 30.0 Å². The number of esters is 1. The van der Waals surface area contributed by atoms with Gasteiger partial charge in [-0.1, -0.05) is 35.9 Å². The van der Waals surface area contributed by atoms with Gasteiger partial charge in [0.25, 0.3) is 5.91 Å². The molecule has 0 bridgehead atoms. The van der Waals surface area contributed by atoms with Crippen LogP contribution in [0, 0.1) is 5.82 Å². The van der Waals surface area contributed by atoms with E-state index in [2.05, 4.69) is 5.32 Å². The summed E-state index contributed by atoms with van der Waals surface area (Å²) >= 11 is 7.47. The van der Waals surface area contributed by atoms with Gasteiger partial charge in [0.05, 0.1) is 5.02 Å². The van der Waals surface area contributed by atoms with Crippen molar-refractivity contribution in [3.8, 4) is 5.75 Å². The van der Waals surface area contributed by atoms with E-state index in [1.807, 2.05) is 12.3 Å². The summed E-state index contributed by atoms with van der Waals surface area (Å²) in [5, 5.41) is 2.78. The summed E-state index contributed by atoms with van der Waals surface area (Å²) in [7, 11) is 0. The van der Waals surface area contributed by atoms with E-state index in [1.54, 1.807) is 24.3 Å². The van der Waals surface area contributed by atoms with E-state index < -0.39 is 23.7 Å². The first-order chi connectivity index (χ1) is 13.5. The molecule has 2 aromatic carbocycles. The van der Waals surface area contributed by atoms with Crippen LogP contribution in [-0.2, 0) is 20.9 Å². The topological polar surface area (TPSA) is 64.6 Å². The highest BCUT2D eigenvalue weighted by Crippen LogP contribution is 2.20. The quantitative estimate of drug-likeness (QED) is 0.586. The molecule has 0 aliphatic carbocycles. The Morgan fingerprint density at radius 2 is 1.93 bits per heavy atom. The molecule has 0 saturated heterocycles. The van der Waals surface area contributed by atoms with Crippen molar-refractivity contribution >= 4 is 35.2 Å². The molecule has 1 unspecified atom stereocenters. The molecule has 0 saturated carbocycles. The average Bonchev–Trinajstić information content (AvgIpc) is 2.69. The predicted octanol–water partition coefficient (Wildman–Crippen LogP) is 3.84. The standard InChI is InChI=1S/C20H21ClFNO4S/c1-28-11-10-18(23-19(24)13-26-14-6-3-2-4-7-14)20(25)27-12-15-16(21)8-5-9-17(15)22/h2-9,18H,10-13H2,1H3,(H,23,24). The van der Waals surface area contributed by atoms with Crippen molar-refractivity contribution < 1.29 is 23.5 Å². The predicted molar refractivity (Wildman–Crippen MR) is 108 cm³/mol. The van der Waals surface area contributed by atoms with Crippen LogP contribution in [-0.4, -0.2) is 36.5 Å². The van der Waals surface area contributed by atoms with Crippen molar-refractivity contribution in [3.05, 3.63) is 64.9 Å². The van der Waals surface area contributed by atoms with Crippen molar-refractivity contribution in [3.63, 3.8) is 0 Å². The highest BCUT2D eigenvalue weighted by molar-refractivity contribution is 7.98. The van der Waals surface area contributed by atoms with Crippen molar-refractivity contribution in [2.24, 2.45) is 0 Å². The van der Waals surface area contributed by atoms with Gasteiger partial charge in [0.2, 0.25) is 0 Å². The molecule has 1 atom stereocenters. The first-order valence-electron chi connectivity index (χ1n) is 8.57. The van der Waals surface area contributed by atoms with Crippen molar-refractivity contribution in [1.82, 2.24) is 5.32 Å². The van der Waals surface area contributed by atoms with Crippen LogP contribution in [0.25, 0.3) is 0 Å². The van der Waals surface area contributed by atoms with Crippen LogP contribution in [0.4, 0.5) is 4.39 Å². The Morgan fingerprint density at radius 1 is 1.18 bits per heavy atom. The lowest BCUT2D eigenvalue weighted by Gasteiger charge is -2.18. The maximum Gasteiger partial charge on any atom is 0.329 e. The van der Waals surface area contributed by atoms with Crippen LogP contribution in [0.1, 0.15) is 12.0 Å². The number of rotatable bonds is 10. The van der Waals surface area contributed by atoms with Crippen LogP contribution in [0.15, 0.2) is 48.5 Å². The molecule has 0 aliphatic heterocycles. The van der Waals surface area contributed by atoms with Gasteiger partial charge in [0.1, 0.15) is 24.2 Å². The Bertz CT molecular complexity index is 771. The molecule has 5 nitrogen and oxygen atoms in total. The molecule has 0 spiro atoms. The lowest BCUT2D eigenvalue weighted by Crippen LogP contribution is -2.44. The second-order valence-corrected chi connectivity index (χ2v) is 7.20. The molecule has 2 rings (SSSR count). The summed E-state index contributed by atoms with van der Waals surface area (Å²) in [5.74, 6) is -0.464. The van der Waals surface area contributed by atoms with Crippen molar-refractivity contribution in [2.75, 3.05) is 18.6 Å². The van der Waals surface area contributed by atoms with Crippen LogP contribution >= 0.6 is 23.4 Å². The minimum atomic E-state index is -0.857. The molecular formula is C20H21ClFNO4S. The molecule has 0 fully saturated rings. The Labute approximate surface area is 172 Å². The lowest BCUT2D eigenvalue weighted by atomic mass is 10.2. The Kier molecular flexibility index (Phi) is 9.10. The first-order valence-corrected chi connectivity index (χ1v) is 10.3. The highest BCUT2D eigenvalue weighted by Gasteiger charge is 2.23. The Hall–Kier alpha value is -2.25. The zero-order chi connectivity index (χ0) is 20.4. The number of thioether (sulfide) groups is 1. The number of carbonyl (C=O) groups is 2. The molecule has 0 heterocycles. The van der Waals surface area contributed by atoms with E-state index in [0.717, 1.165) is 0 Å². The normalized spacial score (nSPS) is 11.5. The van der Waals surface area contributed by atoms with Gasteiger partial charge in [-0.15, -0.1) is 0 Å². The van der Waals surface area contributed by atoms with Crippen LogP contribution < -0.4 is 10.1 Å². The van der Waals surface area contributed by atoms with Crippen LogP contribution in [0.2, 0.25) is 5.02 Å². The summed E-state index contributed by atoms with van der Waals surface area (Å²) in [6.07, 6.45) is 2.27. The third-order valence-electron chi connectivity index (χ3n) is 3.76. The van der Waals surface area contributed by atoms with Gasteiger partial charge in [-0.05, 0) is 42.7 Å². The van der Waals surface area contributed by atoms with Gasteiger partial charge in [-0.25, -0.2) is 9.18 Å². The molecule has 1 N–H and O–H groups in total. The first kappa shape index (κ1) is 22.0. The molecule has 8 heteroatoms. The lowest BCUT2D eigenvalue weighted by molar-refractivity contribution is -0.149. The number of amides is 1. The number of benzene rings is 2. The zero-order valence-electron chi connectivity index (χ0n) is 15.3. The van der Waals surface area contributed by atoms with Gasteiger partial charge in [-0.2, -0.15) is 11.8 Å². The number of hydrogen-bond donors (Lipinski definition) is 1. The minimum absolute atomic E-state index is 0.0971. The largest absolute Gasteiger partial charge is 0.484 e. The summed E-state index contributed by atoms with van der Waals surface area (Å²) in [6.45, 7) is -0.539. The number of ether oxygens (including phenoxy) is 2. The summed E-state index contributed by atoms with van der Waals surface area (Å²) in [4.78, 5) is 24.5. The highest BCUT2D eigenvalue weighted by atomic mass is 35.5. The monoisotopic (exact) mass is 425 g/mol. The molecule has 0 aliphatic rings. The van der Waals surface area contributed by atoms with E-state index in [9.17, 15) is 14.0 Å². The molecule has 2 aromatic rings. The van der Waals surface area contributed by atoms with E-state index >= 15 is 0 Å². The molecule has 0 radical (unpaired) electrons. The molecule has 150 valence electrons. The van der Waals surface area contributed by atoms with Crippen LogP contribution in [0.5, 0.6) is 5.75 Å². The third kappa shape index (κ3) is 7.05. The fraction of sp³-hybridized carbons (Fsp3) is 0.300. The van der Waals surface area contributed by atoms with E-state index in [4.69, 9.17) is 21.1 Å². The van der Waals surface area contributed by atoms with Gasteiger partial charge >= 0.3 is 5.97 Å². The number of para-hydroxylation sites is 1. The van der Waals surface area contributed by atoms with Gasteiger partial charge in [0.15, 0.2) is 6.61 Å². The minimum Gasteiger partial charge on any atom is -0.484 e. The summed E-state index contributed by atoms with van der Waals surface area (Å²) < 4.78 is 24.4. The second kappa shape index (κ2) is 11.6. The summed E-state index contributed by atoms with van der Waals surface area (Å²) in [6, 6.07) is 12.2. The van der Waals surface area contributed by atoms with E-state index in [-0.39, 0.29) is 23.8 Å².